The fraction of sp³-hybridized carbons (Fsp3) is 0.143. The zero-order valence-electron chi connectivity index (χ0n) is 25.4. The molecule has 0 aromatic heterocycles. The van der Waals surface area contributed by atoms with Gasteiger partial charge in [0.1, 0.15) is 0 Å². The fourth-order valence-corrected chi connectivity index (χ4v) is 8.34. The van der Waals surface area contributed by atoms with Crippen LogP contribution in [0.2, 0.25) is 0 Å². The van der Waals surface area contributed by atoms with Crippen molar-refractivity contribution in [3.05, 3.63) is 190 Å². The van der Waals surface area contributed by atoms with Crippen LogP contribution in [-0.2, 0) is 37.6 Å². The molecule has 0 fully saturated rings. The van der Waals surface area contributed by atoms with Gasteiger partial charge in [-0.15, -0.1) is 0 Å². The summed E-state index contributed by atoms with van der Waals surface area (Å²) >= 11 is 1.58. The summed E-state index contributed by atoms with van der Waals surface area (Å²) < 4.78 is 0.596. The molecule has 6 aromatic rings. The number of fused-ring (bicyclic) bond motifs is 6. The molecule has 0 saturated heterocycles. The van der Waals surface area contributed by atoms with Gasteiger partial charge in [0, 0.05) is 5.92 Å². The van der Waals surface area contributed by atoms with E-state index in [2.05, 4.69) is 153 Å². The Labute approximate surface area is 295 Å². The fourth-order valence-electron chi connectivity index (χ4n) is 7.13. The van der Waals surface area contributed by atoms with Gasteiger partial charge in [0.15, 0.2) is 0 Å². The molecule has 3 heteroatoms. The second-order valence-corrected chi connectivity index (χ2v) is 13.1. The van der Waals surface area contributed by atoms with Crippen molar-refractivity contribution in [1.82, 2.24) is 0 Å². The van der Waals surface area contributed by atoms with E-state index in [9.17, 15) is 0 Å². The Bertz CT molecular complexity index is 1880. The summed E-state index contributed by atoms with van der Waals surface area (Å²) in [4.78, 5) is 0. The number of hydrogen-bond acceptors (Lipinski definition) is 0. The normalized spacial score (nSPS) is 14.8. The van der Waals surface area contributed by atoms with Crippen LogP contribution in [0.5, 0.6) is 0 Å². The van der Waals surface area contributed by atoms with Crippen molar-refractivity contribution in [2.24, 2.45) is 0 Å². The van der Waals surface area contributed by atoms with E-state index in [1.54, 1.807) is 24.7 Å². The predicted molar refractivity (Wildman–Crippen MR) is 176 cm³/mol. The summed E-state index contributed by atoms with van der Waals surface area (Å²) in [7, 11) is 0. The standard InChI is InChI=1S/C22H20.C20H15.2ClH.Zr/c1-2-18-19-12-6-7-13-21(19)22-17(11-8-14-20(18)22)15-16-9-4-3-5-10-16;1-2-7-15(8-3-1)13-17-10-6-11-18-14-16-9-4-5-12-19(16)20(17)18;;;/h3-14,18H,2,15H2,1H3;1-12,14H,13H2;2*1H;/q;;;;+2/p-2. The van der Waals surface area contributed by atoms with Gasteiger partial charge in [0.2, 0.25) is 0 Å². The molecule has 45 heavy (non-hydrogen) atoms. The minimum absolute atomic E-state index is 0. The second kappa shape index (κ2) is 14.9. The van der Waals surface area contributed by atoms with Crippen molar-refractivity contribution in [2.75, 3.05) is 0 Å². The average molecular weight is 702 g/mol. The molecular formula is C42H35Cl2Zr. The zero-order valence-corrected chi connectivity index (χ0v) is 29.4. The molecule has 0 radical (unpaired) electrons. The first-order valence-corrected chi connectivity index (χ1v) is 16.9. The third-order valence-corrected chi connectivity index (χ3v) is 10.6. The Morgan fingerprint density at radius 2 is 0.867 bits per heavy atom. The SMILES string of the molecule is CCC1c2ccccc2-c2c(Cc3ccccc3)cccc21.[Cl-].[Cl-].[Zr+2][CH]1c2ccccc2-c2c(Cc3ccccc3)cccc21. The first-order chi connectivity index (χ1) is 21.2. The van der Waals surface area contributed by atoms with Crippen LogP contribution in [0.25, 0.3) is 22.3 Å². The Balaban J connectivity index is 0.000000170. The van der Waals surface area contributed by atoms with Crippen molar-refractivity contribution in [2.45, 2.75) is 35.7 Å². The van der Waals surface area contributed by atoms with Gasteiger partial charge in [-0.05, 0) is 46.2 Å². The number of benzene rings is 6. The first kappa shape index (κ1) is 33.2. The van der Waals surface area contributed by atoms with Gasteiger partial charge in [-0.2, -0.15) is 0 Å². The van der Waals surface area contributed by atoms with E-state index in [-0.39, 0.29) is 24.8 Å². The van der Waals surface area contributed by atoms with Crippen LogP contribution in [0.1, 0.15) is 67.4 Å². The van der Waals surface area contributed by atoms with E-state index in [0.717, 1.165) is 12.8 Å². The molecule has 8 rings (SSSR count). The molecule has 0 amide bonds. The van der Waals surface area contributed by atoms with Crippen molar-refractivity contribution in [3.8, 4) is 22.3 Å². The molecule has 2 aliphatic carbocycles. The van der Waals surface area contributed by atoms with Crippen molar-refractivity contribution >= 4 is 0 Å². The maximum atomic E-state index is 2.32. The molecule has 2 atom stereocenters. The van der Waals surface area contributed by atoms with Crippen molar-refractivity contribution < 1.29 is 49.5 Å². The van der Waals surface area contributed by atoms with Crippen LogP contribution >= 0.6 is 0 Å². The maximum absolute atomic E-state index is 2.32. The molecule has 0 spiro atoms. The summed E-state index contributed by atoms with van der Waals surface area (Å²) in [6, 6.07) is 53.0. The average Bonchev–Trinajstić information content (AvgIpc) is 3.55. The number of hydrogen-bond donors (Lipinski definition) is 0. The van der Waals surface area contributed by atoms with Gasteiger partial charge in [0.05, 0.1) is 0 Å². The van der Waals surface area contributed by atoms with E-state index in [4.69, 9.17) is 0 Å². The summed E-state index contributed by atoms with van der Waals surface area (Å²) in [6.07, 6.45) is 3.19. The van der Waals surface area contributed by atoms with Crippen LogP contribution in [0.15, 0.2) is 146 Å². The van der Waals surface area contributed by atoms with E-state index >= 15 is 0 Å². The molecule has 0 saturated carbocycles. The Morgan fingerprint density at radius 3 is 1.42 bits per heavy atom. The van der Waals surface area contributed by atoms with Crippen LogP contribution < -0.4 is 24.8 Å². The van der Waals surface area contributed by atoms with Gasteiger partial charge in [-0.1, -0.05) is 79.7 Å². The topological polar surface area (TPSA) is 0 Å². The van der Waals surface area contributed by atoms with Crippen LogP contribution in [0.3, 0.4) is 0 Å². The van der Waals surface area contributed by atoms with Gasteiger partial charge in [-0.25, -0.2) is 0 Å². The first-order valence-electron chi connectivity index (χ1n) is 15.4. The zero-order chi connectivity index (χ0) is 29.2. The van der Waals surface area contributed by atoms with Gasteiger partial charge in [-0.3, -0.25) is 0 Å². The Morgan fingerprint density at radius 1 is 0.444 bits per heavy atom. The predicted octanol–water partition coefficient (Wildman–Crippen LogP) is 4.70. The van der Waals surface area contributed by atoms with Gasteiger partial charge >= 0.3 is 141 Å². The second-order valence-electron chi connectivity index (χ2n) is 11.7. The van der Waals surface area contributed by atoms with E-state index in [1.165, 1.54) is 73.2 Å². The summed E-state index contributed by atoms with van der Waals surface area (Å²) in [5, 5.41) is 0. The van der Waals surface area contributed by atoms with Crippen molar-refractivity contribution in [3.63, 3.8) is 0 Å². The molecule has 6 aromatic carbocycles. The molecule has 0 bridgehead atoms. The number of halogens is 2. The van der Waals surface area contributed by atoms with Crippen molar-refractivity contribution in [1.29, 1.82) is 0 Å². The van der Waals surface area contributed by atoms with Crippen LogP contribution in [-0.4, -0.2) is 0 Å². The molecule has 0 nitrogen and oxygen atoms in total. The molecule has 221 valence electrons. The summed E-state index contributed by atoms with van der Waals surface area (Å²) in [5.74, 6) is 0.557. The summed E-state index contributed by atoms with van der Waals surface area (Å²) in [6.45, 7) is 2.29. The summed E-state index contributed by atoms with van der Waals surface area (Å²) in [5.41, 5.74) is 17.6. The van der Waals surface area contributed by atoms with Crippen LogP contribution in [0, 0.1) is 0 Å². The van der Waals surface area contributed by atoms with Gasteiger partial charge < -0.3 is 24.8 Å². The molecule has 0 aliphatic heterocycles. The van der Waals surface area contributed by atoms with E-state index in [1.807, 2.05) is 0 Å². The molecule has 0 N–H and O–H groups in total. The molecule has 0 heterocycles. The van der Waals surface area contributed by atoms with E-state index < -0.39 is 0 Å². The Kier molecular flexibility index (Phi) is 11.0. The third kappa shape index (κ3) is 6.55. The van der Waals surface area contributed by atoms with Gasteiger partial charge in [0.25, 0.3) is 0 Å². The molecular weight excluding hydrogens is 667 g/mol. The quantitative estimate of drug-likeness (QED) is 0.245. The van der Waals surface area contributed by atoms with Crippen LogP contribution in [0.4, 0.5) is 0 Å². The third-order valence-electron chi connectivity index (χ3n) is 9.08. The molecule has 2 aliphatic rings. The monoisotopic (exact) mass is 699 g/mol. The minimum atomic E-state index is 0. The Hall–Kier alpha value is -3.22. The van der Waals surface area contributed by atoms with E-state index in [0.29, 0.717) is 9.54 Å². The molecule has 2 unspecified atom stereocenters. The number of rotatable bonds is 5.